The second kappa shape index (κ2) is 11.7. The predicted molar refractivity (Wildman–Crippen MR) is 178 cm³/mol. The van der Waals surface area contributed by atoms with Gasteiger partial charge in [-0.3, -0.25) is 0 Å². The summed E-state index contributed by atoms with van der Waals surface area (Å²) in [5.41, 5.74) is 6.28. The molecule has 1 aliphatic heterocycles. The minimum absolute atomic E-state index is 0.0882. The van der Waals surface area contributed by atoms with E-state index in [1.54, 1.807) is 0 Å². The fourth-order valence-electron chi connectivity index (χ4n) is 6.53. The molecule has 5 nitrogen and oxygen atoms in total. The second-order valence-corrected chi connectivity index (χ2v) is 11.8. The van der Waals surface area contributed by atoms with Crippen LogP contribution in [0.25, 0.3) is 10.9 Å². The third-order valence-corrected chi connectivity index (χ3v) is 9.12. The maximum absolute atomic E-state index is 13.4. The van der Waals surface area contributed by atoms with Gasteiger partial charge >= 0.3 is 6.03 Å². The smallest absolute Gasteiger partial charge is 0.320 e. The lowest BCUT2D eigenvalue weighted by atomic mass is 9.77. The Bertz CT molecular complexity index is 1810. The molecule has 0 fully saturated rings. The van der Waals surface area contributed by atoms with Gasteiger partial charge in [0.25, 0.3) is 0 Å². The maximum Gasteiger partial charge on any atom is 0.322 e. The number of hydrogen-bond donors (Lipinski definition) is 1. The zero-order valence-electron chi connectivity index (χ0n) is 24.5. The van der Waals surface area contributed by atoms with Gasteiger partial charge in [0.15, 0.2) is 5.15 Å². The van der Waals surface area contributed by atoms with E-state index in [4.69, 9.17) is 16.7 Å². The summed E-state index contributed by atoms with van der Waals surface area (Å²) < 4.78 is 2.03. The van der Waals surface area contributed by atoms with Crippen molar-refractivity contribution in [2.45, 2.75) is 31.3 Å². The van der Waals surface area contributed by atoms with E-state index in [1.165, 1.54) is 5.56 Å². The molecule has 6 heteroatoms. The van der Waals surface area contributed by atoms with E-state index >= 15 is 0 Å². The minimum Gasteiger partial charge on any atom is -0.320 e. The summed E-state index contributed by atoms with van der Waals surface area (Å²) in [5, 5.41) is 9.51. The zero-order valence-corrected chi connectivity index (χ0v) is 25.3. The van der Waals surface area contributed by atoms with Gasteiger partial charge in [0.05, 0.1) is 5.52 Å². The van der Waals surface area contributed by atoms with Gasteiger partial charge in [0, 0.05) is 24.2 Å². The monoisotopic (exact) mass is 596 g/mol. The molecule has 0 bridgehead atoms. The molecule has 1 atom stereocenters. The van der Waals surface area contributed by atoms with Crippen LogP contribution in [-0.4, -0.2) is 27.3 Å². The van der Waals surface area contributed by atoms with Crippen LogP contribution in [0.1, 0.15) is 47.1 Å². The van der Waals surface area contributed by atoms with E-state index in [9.17, 15) is 4.79 Å². The van der Waals surface area contributed by atoms with Gasteiger partial charge in [-0.15, -0.1) is 0 Å². The third-order valence-electron chi connectivity index (χ3n) is 8.84. The summed E-state index contributed by atoms with van der Waals surface area (Å²) in [4.78, 5) is 15.2. The summed E-state index contributed by atoms with van der Waals surface area (Å²) in [6, 6.07) is 45.7. The van der Waals surface area contributed by atoms with Crippen molar-refractivity contribution >= 4 is 34.2 Å². The molecule has 0 saturated heterocycles. The average molecular weight is 597 g/mol. The van der Waals surface area contributed by atoms with E-state index in [2.05, 4.69) is 115 Å². The number of benzene rings is 5. The van der Waals surface area contributed by atoms with Crippen molar-refractivity contribution in [2.24, 2.45) is 0 Å². The molecule has 2 amide bonds. The Labute approximate surface area is 262 Å². The lowest BCUT2D eigenvalue weighted by Crippen LogP contribution is -2.40. The number of halogens is 1. The highest BCUT2D eigenvalue weighted by molar-refractivity contribution is 6.34. The molecule has 0 unspecified atom stereocenters. The standard InChI is InChI=1S/C38H33ClN4O/c1-27(28-14-6-2-7-15-28)22-23-42-26-29-24-33-35(25-34(29)40-37(42)44)43(41-36(33)39)38(30-16-8-3-9-17-30,31-18-10-4-11-19-31)32-20-12-5-13-21-32/h2-21,24-25,27H,22-23,26H2,1H3,(H,40,44)/t27-/m1/s1. The first-order chi connectivity index (χ1) is 21.6. The van der Waals surface area contributed by atoms with Crippen molar-refractivity contribution < 1.29 is 4.79 Å². The molecule has 1 N–H and O–H groups in total. The molecule has 0 aliphatic carbocycles. The van der Waals surface area contributed by atoms with Crippen LogP contribution in [0, 0.1) is 0 Å². The Balaban J connectivity index is 1.34. The van der Waals surface area contributed by atoms with Crippen molar-refractivity contribution in [1.82, 2.24) is 14.7 Å². The van der Waals surface area contributed by atoms with Crippen LogP contribution in [0.4, 0.5) is 10.5 Å². The van der Waals surface area contributed by atoms with Crippen LogP contribution in [-0.2, 0) is 12.1 Å². The third kappa shape index (κ3) is 4.83. The van der Waals surface area contributed by atoms with Gasteiger partial charge in [-0.1, -0.05) is 140 Å². The van der Waals surface area contributed by atoms with Crippen LogP contribution in [0.3, 0.4) is 0 Å². The first-order valence-corrected chi connectivity index (χ1v) is 15.4. The normalized spacial score (nSPS) is 13.9. The second-order valence-electron chi connectivity index (χ2n) is 11.5. The number of anilines is 1. The predicted octanol–water partition coefficient (Wildman–Crippen LogP) is 9.07. The van der Waals surface area contributed by atoms with Gasteiger partial charge in [-0.2, -0.15) is 5.10 Å². The molecule has 1 aromatic heterocycles. The van der Waals surface area contributed by atoms with E-state index in [0.717, 1.165) is 45.3 Å². The topological polar surface area (TPSA) is 50.2 Å². The Kier molecular flexibility index (Phi) is 7.41. The highest BCUT2D eigenvalue weighted by Gasteiger charge is 2.41. The van der Waals surface area contributed by atoms with Gasteiger partial charge < -0.3 is 10.2 Å². The molecule has 7 rings (SSSR count). The quantitative estimate of drug-likeness (QED) is 0.178. The molecule has 218 valence electrons. The first-order valence-electron chi connectivity index (χ1n) is 15.0. The number of carbonyl (C=O) groups excluding carboxylic acids is 1. The van der Waals surface area contributed by atoms with Crippen LogP contribution >= 0.6 is 11.6 Å². The van der Waals surface area contributed by atoms with Crippen molar-refractivity contribution in [2.75, 3.05) is 11.9 Å². The summed E-state index contributed by atoms with van der Waals surface area (Å²) in [6.07, 6.45) is 0.876. The lowest BCUT2D eigenvalue weighted by Gasteiger charge is -2.37. The number of urea groups is 1. The van der Waals surface area contributed by atoms with Gasteiger partial charge in [0.1, 0.15) is 5.54 Å². The number of nitrogens with zero attached hydrogens (tertiary/aromatic N) is 3. The highest BCUT2D eigenvalue weighted by Crippen LogP contribution is 2.44. The molecule has 0 radical (unpaired) electrons. The summed E-state index contributed by atoms with van der Waals surface area (Å²) in [7, 11) is 0. The fourth-order valence-corrected chi connectivity index (χ4v) is 6.75. The summed E-state index contributed by atoms with van der Waals surface area (Å²) in [5.74, 6) is 0.350. The Morgan fingerprint density at radius 2 is 1.32 bits per heavy atom. The van der Waals surface area contributed by atoms with Gasteiger partial charge in [-0.25, -0.2) is 9.48 Å². The largest absolute Gasteiger partial charge is 0.322 e. The van der Waals surface area contributed by atoms with Crippen molar-refractivity contribution in [3.8, 4) is 0 Å². The van der Waals surface area contributed by atoms with Crippen molar-refractivity contribution in [1.29, 1.82) is 0 Å². The Morgan fingerprint density at radius 1 is 0.795 bits per heavy atom. The number of nitrogens with one attached hydrogen (secondary N) is 1. The molecular weight excluding hydrogens is 564 g/mol. The number of rotatable bonds is 8. The number of carbonyl (C=O) groups is 1. The van der Waals surface area contributed by atoms with E-state index in [0.29, 0.717) is 24.2 Å². The van der Waals surface area contributed by atoms with E-state index in [1.807, 2.05) is 39.9 Å². The first kappa shape index (κ1) is 27.9. The van der Waals surface area contributed by atoms with E-state index in [-0.39, 0.29) is 6.03 Å². The minimum atomic E-state index is -0.818. The van der Waals surface area contributed by atoms with Crippen LogP contribution in [0.2, 0.25) is 5.15 Å². The molecule has 0 spiro atoms. The molecule has 5 aromatic carbocycles. The van der Waals surface area contributed by atoms with Crippen molar-refractivity contribution in [3.63, 3.8) is 0 Å². The van der Waals surface area contributed by atoms with Crippen LogP contribution in [0.15, 0.2) is 133 Å². The molecule has 6 aromatic rings. The average Bonchev–Trinajstić information content (AvgIpc) is 3.39. The van der Waals surface area contributed by atoms with Crippen LogP contribution < -0.4 is 5.32 Å². The number of aromatic nitrogens is 2. The Hall–Kier alpha value is -4.87. The zero-order chi connectivity index (χ0) is 30.1. The van der Waals surface area contributed by atoms with Crippen LogP contribution in [0.5, 0.6) is 0 Å². The molecule has 1 aliphatic rings. The molecule has 44 heavy (non-hydrogen) atoms. The molecule has 2 heterocycles. The SMILES string of the molecule is C[C@H](CCN1Cc2cc3c(Cl)nn(C(c4ccccc4)(c4ccccc4)c4ccccc4)c3cc2NC1=O)c1ccccc1. The highest BCUT2D eigenvalue weighted by atomic mass is 35.5. The summed E-state index contributed by atoms with van der Waals surface area (Å²) in [6.45, 7) is 3.38. The Morgan fingerprint density at radius 3 is 1.86 bits per heavy atom. The molecule has 0 saturated carbocycles. The van der Waals surface area contributed by atoms with Crippen molar-refractivity contribution in [3.05, 3.63) is 166 Å². The lowest BCUT2D eigenvalue weighted by molar-refractivity contribution is 0.204. The number of amides is 2. The number of fused-ring (bicyclic) bond motifs is 2. The van der Waals surface area contributed by atoms with Gasteiger partial charge in [0.2, 0.25) is 0 Å². The maximum atomic E-state index is 13.4. The van der Waals surface area contributed by atoms with Gasteiger partial charge in [-0.05, 0) is 52.3 Å². The number of hydrogen-bond acceptors (Lipinski definition) is 2. The fraction of sp³-hybridized carbons (Fsp3) is 0.158. The van der Waals surface area contributed by atoms with E-state index < -0.39 is 5.54 Å². The summed E-state index contributed by atoms with van der Waals surface area (Å²) >= 11 is 6.99. The molecular formula is C38H33ClN4O.